The molecule has 26 heavy (non-hydrogen) atoms. The van der Waals surface area contributed by atoms with Crippen LogP contribution in [0.1, 0.15) is 17.4 Å². The standard InChI is InChI=1S/C22H22O4/c23-13-20-21(26-22(25-20)18-7-2-1-3-8-18)15-24-14-16-10-11-17-6-4-5-9-19(17)12-16/h1-12,20-23H,13-15H2/t20-,21-,22?/m1/s1. The van der Waals surface area contributed by atoms with Crippen LogP contribution < -0.4 is 0 Å². The van der Waals surface area contributed by atoms with Gasteiger partial charge in [0.25, 0.3) is 0 Å². The third-order valence-corrected chi connectivity index (χ3v) is 4.63. The molecule has 1 heterocycles. The topological polar surface area (TPSA) is 47.9 Å². The molecule has 3 atom stereocenters. The largest absolute Gasteiger partial charge is 0.394 e. The van der Waals surface area contributed by atoms with Gasteiger partial charge in [0.15, 0.2) is 6.29 Å². The first-order chi connectivity index (χ1) is 12.8. The van der Waals surface area contributed by atoms with Crippen molar-refractivity contribution in [1.29, 1.82) is 0 Å². The van der Waals surface area contributed by atoms with Gasteiger partial charge in [0.2, 0.25) is 0 Å². The maximum absolute atomic E-state index is 9.58. The third kappa shape index (κ3) is 3.79. The molecular weight excluding hydrogens is 328 g/mol. The van der Waals surface area contributed by atoms with E-state index in [-0.39, 0.29) is 18.8 Å². The zero-order valence-electron chi connectivity index (χ0n) is 14.5. The summed E-state index contributed by atoms with van der Waals surface area (Å²) in [6.45, 7) is 0.785. The third-order valence-electron chi connectivity index (χ3n) is 4.63. The predicted molar refractivity (Wildman–Crippen MR) is 99.6 cm³/mol. The highest BCUT2D eigenvalue weighted by atomic mass is 16.7. The van der Waals surface area contributed by atoms with Gasteiger partial charge in [0, 0.05) is 5.56 Å². The maximum atomic E-state index is 9.58. The average Bonchev–Trinajstić information content (AvgIpc) is 3.12. The lowest BCUT2D eigenvalue weighted by Crippen LogP contribution is -2.30. The lowest BCUT2D eigenvalue weighted by Gasteiger charge is -2.15. The molecular formula is C22H22O4. The van der Waals surface area contributed by atoms with Crippen molar-refractivity contribution >= 4 is 10.8 Å². The Morgan fingerprint density at radius 2 is 1.54 bits per heavy atom. The molecule has 3 aromatic carbocycles. The fourth-order valence-corrected chi connectivity index (χ4v) is 3.22. The van der Waals surface area contributed by atoms with E-state index in [1.54, 1.807) is 0 Å². The molecule has 1 N–H and O–H groups in total. The molecule has 134 valence electrons. The first-order valence-electron chi connectivity index (χ1n) is 8.85. The van der Waals surface area contributed by atoms with Crippen LogP contribution >= 0.6 is 0 Å². The number of rotatable bonds is 6. The van der Waals surface area contributed by atoms with E-state index in [0.29, 0.717) is 13.2 Å². The summed E-state index contributed by atoms with van der Waals surface area (Å²) in [6.07, 6.45) is -1.12. The van der Waals surface area contributed by atoms with E-state index in [1.807, 2.05) is 42.5 Å². The van der Waals surface area contributed by atoms with Crippen molar-refractivity contribution in [3.63, 3.8) is 0 Å². The summed E-state index contributed by atoms with van der Waals surface area (Å²) in [6, 6.07) is 24.3. The van der Waals surface area contributed by atoms with E-state index < -0.39 is 6.29 Å². The smallest absolute Gasteiger partial charge is 0.184 e. The van der Waals surface area contributed by atoms with Gasteiger partial charge < -0.3 is 19.3 Å². The van der Waals surface area contributed by atoms with Crippen LogP contribution in [0.3, 0.4) is 0 Å². The van der Waals surface area contributed by atoms with Crippen molar-refractivity contribution < 1.29 is 19.3 Å². The monoisotopic (exact) mass is 350 g/mol. The number of fused-ring (bicyclic) bond motifs is 1. The van der Waals surface area contributed by atoms with Crippen LogP contribution in [0.15, 0.2) is 72.8 Å². The second kappa shape index (κ2) is 7.98. The minimum atomic E-state index is -0.456. The van der Waals surface area contributed by atoms with Crippen LogP contribution in [0.4, 0.5) is 0 Å². The van der Waals surface area contributed by atoms with Crippen molar-refractivity contribution in [3.05, 3.63) is 83.9 Å². The molecule has 1 aliphatic rings. The Hall–Kier alpha value is -2.24. The van der Waals surface area contributed by atoms with Crippen LogP contribution in [-0.4, -0.2) is 30.5 Å². The zero-order valence-corrected chi connectivity index (χ0v) is 14.5. The van der Waals surface area contributed by atoms with Gasteiger partial charge in [-0.2, -0.15) is 0 Å². The normalized spacial score (nSPS) is 22.7. The Balaban J connectivity index is 1.35. The summed E-state index contributed by atoms with van der Waals surface area (Å²) in [5.41, 5.74) is 2.06. The van der Waals surface area contributed by atoms with Gasteiger partial charge in [-0.3, -0.25) is 0 Å². The summed E-state index contributed by atoms with van der Waals surface area (Å²) in [7, 11) is 0. The summed E-state index contributed by atoms with van der Waals surface area (Å²) in [5, 5.41) is 12.0. The molecule has 0 aromatic heterocycles. The number of benzene rings is 3. The summed E-state index contributed by atoms with van der Waals surface area (Å²) in [4.78, 5) is 0. The summed E-state index contributed by atoms with van der Waals surface area (Å²) >= 11 is 0. The molecule has 3 aromatic rings. The molecule has 1 fully saturated rings. The second-order valence-corrected chi connectivity index (χ2v) is 6.47. The van der Waals surface area contributed by atoms with Crippen LogP contribution in [0, 0.1) is 0 Å². The first-order valence-corrected chi connectivity index (χ1v) is 8.85. The van der Waals surface area contributed by atoms with E-state index in [1.165, 1.54) is 10.8 Å². The highest BCUT2D eigenvalue weighted by Gasteiger charge is 2.36. The molecule has 1 unspecified atom stereocenters. The quantitative estimate of drug-likeness (QED) is 0.734. The average molecular weight is 350 g/mol. The van der Waals surface area contributed by atoms with E-state index >= 15 is 0 Å². The first kappa shape index (κ1) is 17.2. The van der Waals surface area contributed by atoms with Crippen molar-refractivity contribution in [2.24, 2.45) is 0 Å². The van der Waals surface area contributed by atoms with Gasteiger partial charge in [-0.05, 0) is 22.4 Å². The van der Waals surface area contributed by atoms with Gasteiger partial charge in [-0.1, -0.05) is 66.7 Å². The molecule has 0 radical (unpaired) electrons. The Morgan fingerprint density at radius 1 is 0.808 bits per heavy atom. The summed E-state index contributed by atoms with van der Waals surface area (Å²) < 4.78 is 17.6. The molecule has 0 amide bonds. The Bertz CT molecular complexity index is 849. The Labute approximate surface area is 152 Å². The van der Waals surface area contributed by atoms with Crippen LogP contribution in [-0.2, 0) is 20.8 Å². The lowest BCUT2D eigenvalue weighted by atomic mass is 10.1. The highest BCUT2D eigenvalue weighted by Crippen LogP contribution is 2.31. The Morgan fingerprint density at radius 3 is 2.35 bits per heavy atom. The van der Waals surface area contributed by atoms with Crippen LogP contribution in [0.25, 0.3) is 10.8 Å². The maximum Gasteiger partial charge on any atom is 0.184 e. The van der Waals surface area contributed by atoms with Crippen molar-refractivity contribution in [2.75, 3.05) is 13.2 Å². The van der Waals surface area contributed by atoms with Crippen LogP contribution in [0.5, 0.6) is 0 Å². The van der Waals surface area contributed by atoms with E-state index in [4.69, 9.17) is 14.2 Å². The predicted octanol–water partition coefficient (Wildman–Crippen LogP) is 3.83. The van der Waals surface area contributed by atoms with E-state index in [2.05, 4.69) is 30.3 Å². The van der Waals surface area contributed by atoms with Gasteiger partial charge in [-0.15, -0.1) is 0 Å². The molecule has 0 aliphatic carbocycles. The molecule has 4 nitrogen and oxygen atoms in total. The molecule has 1 aliphatic heterocycles. The lowest BCUT2D eigenvalue weighted by molar-refractivity contribution is -0.0810. The number of hydrogen-bond acceptors (Lipinski definition) is 4. The van der Waals surface area contributed by atoms with E-state index in [0.717, 1.165) is 11.1 Å². The summed E-state index contributed by atoms with van der Waals surface area (Å²) in [5.74, 6) is 0. The van der Waals surface area contributed by atoms with Crippen molar-refractivity contribution in [3.8, 4) is 0 Å². The molecule has 4 rings (SSSR count). The van der Waals surface area contributed by atoms with Gasteiger partial charge >= 0.3 is 0 Å². The second-order valence-electron chi connectivity index (χ2n) is 6.47. The molecule has 1 saturated heterocycles. The fourth-order valence-electron chi connectivity index (χ4n) is 3.22. The minimum Gasteiger partial charge on any atom is -0.394 e. The van der Waals surface area contributed by atoms with Crippen LogP contribution in [0.2, 0.25) is 0 Å². The fraction of sp³-hybridized carbons (Fsp3) is 0.273. The number of aliphatic hydroxyl groups excluding tert-OH is 1. The molecule has 0 bridgehead atoms. The highest BCUT2D eigenvalue weighted by molar-refractivity contribution is 5.82. The van der Waals surface area contributed by atoms with E-state index in [9.17, 15) is 5.11 Å². The SMILES string of the molecule is OC[C@H]1OC(c2ccccc2)O[C@@H]1COCc1ccc2ccccc2c1. The van der Waals surface area contributed by atoms with Crippen molar-refractivity contribution in [1.82, 2.24) is 0 Å². The van der Waals surface area contributed by atoms with Gasteiger partial charge in [0.05, 0.1) is 19.8 Å². The molecule has 0 spiro atoms. The zero-order chi connectivity index (χ0) is 17.8. The number of ether oxygens (including phenoxy) is 3. The van der Waals surface area contributed by atoms with Gasteiger partial charge in [0.1, 0.15) is 12.2 Å². The van der Waals surface area contributed by atoms with Crippen molar-refractivity contribution in [2.45, 2.75) is 25.1 Å². The minimum absolute atomic E-state index is 0.0899. The van der Waals surface area contributed by atoms with Gasteiger partial charge in [-0.25, -0.2) is 0 Å². The molecule has 4 heteroatoms. The number of aliphatic hydroxyl groups is 1. The Kier molecular flexibility index (Phi) is 5.27. The molecule has 0 saturated carbocycles. The number of hydrogen-bond donors (Lipinski definition) is 1.